The van der Waals surface area contributed by atoms with Gasteiger partial charge in [-0.05, 0) is 24.5 Å². The minimum atomic E-state index is 0.846. The van der Waals surface area contributed by atoms with Crippen molar-refractivity contribution >= 4 is 23.0 Å². The van der Waals surface area contributed by atoms with Crippen molar-refractivity contribution in [2.75, 3.05) is 23.8 Å². The zero-order valence-corrected chi connectivity index (χ0v) is 12.0. The second kappa shape index (κ2) is 4.77. The third-order valence-electron chi connectivity index (χ3n) is 3.98. The predicted octanol–water partition coefficient (Wildman–Crippen LogP) is 2.86. The molecular formula is C16H17N5. The summed E-state index contributed by atoms with van der Waals surface area (Å²) in [4.78, 5) is 11.5. The fraction of sp³-hybridized carbons (Fsp3) is 0.250. The van der Waals surface area contributed by atoms with E-state index in [-0.39, 0.29) is 0 Å². The Bertz CT molecular complexity index is 792. The molecule has 21 heavy (non-hydrogen) atoms. The van der Waals surface area contributed by atoms with Crippen molar-refractivity contribution in [3.63, 3.8) is 0 Å². The molecular weight excluding hydrogens is 262 g/mol. The number of aryl methyl sites for hydroxylation is 1. The maximum absolute atomic E-state index is 4.75. The van der Waals surface area contributed by atoms with Crippen LogP contribution in [0.4, 0.5) is 17.3 Å². The molecule has 0 saturated carbocycles. The fourth-order valence-electron chi connectivity index (χ4n) is 2.97. The summed E-state index contributed by atoms with van der Waals surface area (Å²) < 4.78 is 2.02. The van der Waals surface area contributed by atoms with Gasteiger partial charge in [-0.2, -0.15) is 0 Å². The molecule has 1 aliphatic heterocycles. The van der Waals surface area contributed by atoms with Gasteiger partial charge in [-0.1, -0.05) is 18.2 Å². The van der Waals surface area contributed by atoms with E-state index in [1.54, 1.807) is 0 Å². The number of nitrogens with zero attached hydrogens (tertiary/aromatic N) is 4. The highest BCUT2D eigenvalue weighted by atomic mass is 15.2. The lowest BCUT2D eigenvalue weighted by Crippen LogP contribution is -2.26. The first-order valence-corrected chi connectivity index (χ1v) is 7.24. The van der Waals surface area contributed by atoms with E-state index in [0.29, 0.717) is 0 Å². The maximum atomic E-state index is 4.75. The Morgan fingerprint density at radius 3 is 3.05 bits per heavy atom. The second-order valence-corrected chi connectivity index (χ2v) is 5.24. The molecule has 1 N–H and O–H groups in total. The van der Waals surface area contributed by atoms with Crippen LogP contribution in [0.2, 0.25) is 0 Å². The van der Waals surface area contributed by atoms with Crippen molar-refractivity contribution in [1.29, 1.82) is 0 Å². The SMILES string of the molecule is CNc1cn2ccnc2c(N2CCCc3ccccc32)n1. The molecule has 5 nitrogen and oxygen atoms in total. The number of hydrogen-bond acceptors (Lipinski definition) is 4. The van der Waals surface area contributed by atoms with E-state index >= 15 is 0 Å². The van der Waals surface area contributed by atoms with Gasteiger partial charge in [-0.3, -0.25) is 0 Å². The summed E-state index contributed by atoms with van der Waals surface area (Å²) in [5, 5.41) is 3.13. The predicted molar refractivity (Wildman–Crippen MR) is 84.3 cm³/mol. The Balaban J connectivity index is 1.93. The number of fused-ring (bicyclic) bond motifs is 2. The average Bonchev–Trinajstić information content (AvgIpc) is 3.02. The molecule has 0 saturated heterocycles. The zero-order chi connectivity index (χ0) is 14.2. The molecule has 0 fully saturated rings. The molecule has 1 aromatic carbocycles. The Morgan fingerprint density at radius 2 is 2.14 bits per heavy atom. The fourth-order valence-corrected chi connectivity index (χ4v) is 2.97. The van der Waals surface area contributed by atoms with Crippen LogP contribution >= 0.6 is 0 Å². The molecule has 3 heterocycles. The Morgan fingerprint density at radius 1 is 1.24 bits per heavy atom. The van der Waals surface area contributed by atoms with Crippen molar-refractivity contribution in [2.45, 2.75) is 12.8 Å². The monoisotopic (exact) mass is 279 g/mol. The van der Waals surface area contributed by atoms with Crippen molar-refractivity contribution < 1.29 is 0 Å². The van der Waals surface area contributed by atoms with Crippen LogP contribution in [-0.2, 0) is 6.42 Å². The van der Waals surface area contributed by atoms with E-state index in [2.05, 4.69) is 39.5 Å². The minimum Gasteiger partial charge on any atom is -0.372 e. The summed E-state index contributed by atoms with van der Waals surface area (Å²) in [7, 11) is 1.89. The van der Waals surface area contributed by atoms with Crippen molar-refractivity contribution in [2.24, 2.45) is 0 Å². The molecule has 4 rings (SSSR count). The molecule has 1 aliphatic rings. The summed E-state index contributed by atoms with van der Waals surface area (Å²) in [5.74, 6) is 1.76. The Hall–Kier alpha value is -2.56. The third-order valence-corrected chi connectivity index (χ3v) is 3.98. The van der Waals surface area contributed by atoms with Crippen molar-refractivity contribution in [3.05, 3.63) is 48.4 Å². The number of anilines is 3. The van der Waals surface area contributed by atoms with E-state index in [0.717, 1.165) is 36.7 Å². The summed E-state index contributed by atoms with van der Waals surface area (Å²) in [6.45, 7) is 0.972. The number of imidazole rings is 1. The standard InChI is InChI=1S/C16H17N5/c1-17-14-11-20-10-8-18-15(20)16(19-14)21-9-4-6-12-5-2-3-7-13(12)21/h2-3,5,7-8,10-11,17H,4,6,9H2,1H3. The highest BCUT2D eigenvalue weighted by molar-refractivity contribution is 5.76. The van der Waals surface area contributed by atoms with E-state index in [9.17, 15) is 0 Å². The number of benzene rings is 1. The van der Waals surface area contributed by atoms with Crippen LogP contribution in [0.1, 0.15) is 12.0 Å². The number of hydrogen-bond donors (Lipinski definition) is 1. The normalized spacial score (nSPS) is 14.2. The van der Waals surface area contributed by atoms with E-state index in [1.165, 1.54) is 11.3 Å². The first-order chi connectivity index (χ1) is 10.4. The lowest BCUT2D eigenvalue weighted by atomic mass is 10.0. The Labute approximate surface area is 123 Å². The summed E-state index contributed by atoms with van der Waals surface area (Å²) in [6.07, 6.45) is 7.99. The zero-order valence-electron chi connectivity index (χ0n) is 12.0. The van der Waals surface area contributed by atoms with Crippen molar-refractivity contribution in [1.82, 2.24) is 14.4 Å². The number of nitrogens with one attached hydrogen (secondary N) is 1. The topological polar surface area (TPSA) is 45.5 Å². The summed E-state index contributed by atoms with van der Waals surface area (Å²) >= 11 is 0. The van der Waals surface area contributed by atoms with Crippen LogP contribution < -0.4 is 10.2 Å². The first kappa shape index (κ1) is 12.2. The van der Waals surface area contributed by atoms with Gasteiger partial charge in [0, 0.05) is 31.7 Å². The molecule has 0 aliphatic carbocycles. The van der Waals surface area contributed by atoms with E-state index in [4.69, 9.17) is 4.98 Å². The van der Waals surface area contributed by atoms with Crippen LogP contribution in [0.25, 0.3) is 5.65 Å². The first-order valence-electron chi connectivity index (χ1n) is 7.24. The molecule has 3 aromatic rings. The highest BCUT2D eigenvalue weighted by Gasteiger charge is 2.22. The lowest BCUT2D eigenvalue weighted by Gasteiger charge is -2.30. The van der Waals surface area contributed by atoms with Gasteiger partial charge in [0.05, 0.1) is 6.20 Å². The molecule has 0 amide bonds. The van der Waals surface area contributed by atoms with Gasteiger partial charge in [0.25, 0.3) is 0 Å². The number of aromatic nitrogens is 3. The van der Waals surface area contributed by atoms with Crippen molar-refractivity contribution in [3.8, 4) is 0 Å². The molecule has 0 atom stereocenters. The van der Waals surface area contributed by atoms with E-state index in [1.807, 2.05) is 30.0 Å². The summed E-state index contributed by atoms with van der Waals surface area (Å²) in [5.41, 5.74) is 3.52. The van der Waals surface area contributed by atoms with Gasteiger partial charge in [-0.25, -0.2) is 9.97 Å². The minimum absolute atomic E-state index is 0.846. The quantitative estimate of drug-likeness (QED) is 0.783. The van der Waals surface area contributed by atoms with Crippen LogP contribution in [0.3, 0.4) is 0 Å². The van der Waals surface area contributed by atoms with Crippen LogP contribution in [0.5, 0.6) is 0 Å². The molecule has 0 unspecified atom stereocenters. The maximum Gasteiger partial charge on any atom is 0.180 e. The average molecular weight is 279 g/mol. The molecule has 106 valence electrons. The van der Waals surface area contributed by atoms with Crippen LogP contribution in [0.15, 0.2) is 42.9 Å². The van der Waals surface area contributed by atoms with Gasteiger partial charge < -0.3 is 14.6 Å². The van der Waals surface area contributed by atoms with Crippen LogP contribution in [0, 0.1) is 0 Å². The summed E-state index contributed by atoms with van der Waals surface area (Å²) in [6, 6.07) is 8.56. The smallest absolute Gasteiger partial charge is 0.180 e. The van der Waals surface area contributed by atoms with Crippen LogP contribution in [-0.4, -0.2) is 28.0 Å². The Kier molecular flexibility index (Phi) is 2.77. The van der Waals surface area contributed by atoms with Gasteiger partial charge >= 0.3 is 0 Å². The highest BCUT2D eigenvalue weighted by Crippen LogP contribution is 2.34. The number of rotatable bonds is 2. The molecule has 0 bridgehead atoms. The van der Waals surface area contributed by atoms with Gasteiger partial charge in [0.15, 0.2) is 11.5 Å². The largest absolute Gasteiger partial charge is 0.372 e. The molecule has 5 heteroatoms. The molecule has 2 aromatic heterocycles. The van der Waals surface area contributed by atoms with Gasteiger partial charge in [0.1, 0.15) is 5.82 Å². The number of para-hydroxylation sites is 1. The molecule has 0 radical (unpaired) electrons. The second-order valence-electron chi connectivity index (χ2n) is 5.24. The molecule has 0 spiro atoms. The van der Waals surface area contributed by atoms with Gasteiger partial charge in [0.2, 0.25) is 0 Å². The van der Waals surface area contributed by atoms with E-state index < -0.39 is 0 Å². The third kappa shape index (κ3) is 1.93. The lowest BCUT2D eigenvalue weighted by molar-refractivity contribution is 0.759. The van der Waals surface area contributed by atoms with Gasteiger partial charge in [-0.15, -0.1) is 0 Å².